The molecule has 0 N–H and O–H groups in total. The molecule has 250 valence electrons. The molecule has 3 aliphatic heterocycles. The summed E-state index contributed by atoms with van der Waals surface area (Å²) in [6.45, 7) is 0. The van der Waals surface area contributed by atoms with Crippen LogP contribution in [-0.4, -0.2) is 36.9 Å². The van der Waals surface area contributed by atoms with Crippen molar-refractivity contribution < 1.29 is 17.6 Å². The standard InChI is InChI=1S/C44H34N6.Pt/c1-45-25-27-47(31-45)35-17-9-19-37(29-35)49(38-20-10-18-36(30-38)48-28-26-46(2)32-48)50-43-39(33-13-5-3-6-14-33)21-11-23-41(43)42-24-12-22-40(44(42)50)34-15-7-4-8-16-34;/h3-30H,1-2H3;. The van der Waals surface area contributed by atoms with Crippen LogP contribution < -0.4 is 14.8 Å². The van der Waals surface area contributed by atoms with Gasteiger partial charge in [0.25, 0.3) is 0 Å². The number of hydrogen-bond acceptors (Lipinski definition) is 5. The van der Waals surface area contributed by atoms with Gasteiger partial charge in [0, 0.05) is 0 Å². The third-order valence-electron chi connectivity index (χ3n) is 9.79. The van der Waals surface area contributed by atoms with Crippen LogP contribution in [0.15, 0.2) is 170 Å². The third-order valence-corrected chi connectivity index (χ3v) is 13.5. The first-order chi connectivity index (χ1) is 25.1. The number of rotatable bonds is 3. The Hall–Kier alpha value is -5.97. The summed E-state index contributed by atoms with van der Waals surface area (Å²) in [7, 11) is 4.33. The zero-order valence-corrected chi connectivity index (χ0v) is 30.4. The van der Waals surface area contributed by atoms with Crippen LogP contribution in [0.2, 0.25) is 0 Å². The van der Waals surface area contributed by atoms with Crippen molar-refractivity contribution in [1.82, 2.24) is 14.5 Å². The van der Waals surface area contributed by atoms with Gasteiger partial charge in [-0.25, -0.2) is 0 Å². The maximum absolute atomic E-state index is 2.49. The Bertz CT molecular complexity index is 2460. The zero-order chi connectivity index (χ0) is 34.1. The van der Waals surface area contributed by atoms with Gasteiger partial charge >= 0.3 is 294 Å². The Kier molecular flexibility index (Phi) is 6.93. The minimum atomic E-state index is -0.563. The van der Waals surface area contributed by atoms with E-state index in [1.165, 1.54) is 41.3 Å². The molecule has 4 heterocycles. The topological polar surface area (TPSA) is 21.1 Å². The van der Waals surface area contributed by atoms with Crippen molar-refractivity contribution in [3.05, 3.63) is 170 Å². The van der Waals surface area contributed by atoms with Gasteiger partial charge in [0.1, 0.15) is 0 Å². The van der Waals surface area contributed by atoms with Crippen molar-refractivity contribution in [1.29, 1.82) is 0 Å². The van der Waals surface area contributed by atoms with E-state index in [4.69, 9.17) is 0 Å². The number of nitrogens with zero attached hydrogens (tertiary/aromatic N) is 6. The summed E-state index contributed by atoms with van der Waals surface area (Å²) in [4.78, 5) is 9.31. The van der Waals surface area contributed by atoms with Gasteiger partial charge in [-0.05, 0) is 0 Å². The Morgan fingerprint density at radius 3 is 1.31 bits per heavy atom. The van der Waals surface area contributed by atoms with Crippen molar-refractivity contribution in [2.75, 3.05) is 28.9 Å². The van der Waals surface area contributed by atoms with Crippen LogP contribution in [0.3, 0.4) is 0 Å². The van der Waals surface area contributed by atoms with E-state index in [0.717, 1.165) is 33.8 Å². The number of aromatic nitrogens is 1. The van der Waals surface area contributed by atoms with Crippen molar-refractivity contribution in [3.63, 3.8) is 0 Å². The van der Waals surface area contributed by atoms with Gasteiger partial charge in [0.05, 0.1) is 0 Å². The first-order valence-corrected chi connectivity index (χ1v) is 19.3. The van der Waals surface area contributed by atoms with Crippen molar-refractivity contribution in [2.24, 2.45) is 0 Å². The molecule has 10 rings (SSSR count). The quantitative estimate of drug-likeness (QED) is 0.176. The minimum absolute atomic E-state index is 0.563. The molecular formula is C44H34N6Pt. The van der Waals surface area contributed by atoms with Gasteiger partial charge in [-0.15, -0.1) is 0 Å². The fourth-order valence-electron chi connectivity index (χ4n) is 7.44. The molecule has 0 fully saturated rings. The Labute approximate surface area is 305 Å². The molecule has 0 saturated carbocycles. The normalized spacial score (nSPS) is 15.3. The van der Waals surface area contributed by atoms with Crippen molar-refractivity contribution in [2.45, 2.75) is 0 Å². The maximum atomic E-state index is 2.49. The number of fused-ring (bicyclic) bond motifs is 11. The number of benzene rings is 6. The third kappa shape index (κ3) is 4.74. The number of anilines is 4. The van der Waals surface area contributed by atoms with E-state index in [2.05, 4.69) is 214 Å². The second-order valence-electron chi connectivity index (χ2n) is 12.9. The molecule has 0 saturated heterocycles. The summed E-state index contributed by atoms with van der Waals surface area (Å²) in [5, 5.41) is 4.86. The molecule has 0 spiro atoms. The summed E-state index contributed by atoms with van der Waals surface area (Å²) in [5.41, 5.74) is 11.5. The van der Waals surface area contributed by atoms with E-state index in [-0.39, 0.29) is 0 Å². The van der Waals surface area contributed by atoms with Gasteiger partial charge in [0.15, 0.2) is 0 Å². The van der Waals surface area contributed by atoms with E-state index in [0.29, 0.717) is 0 Å². The van der Waals surface area contributed by atoms with E-state index in [1.54, 1.807) is 0 Å². The van der Waals surface area contributed by atoms with Crippen LogP contribution in [0.4, 0.5) is 22.7 Å². The average Bonchev–Trinajstić information content (AvgIpc) is 3.85. The van der Waals surface area contributed by atoms with Crippen LogP contribution in [0.25, 0.3) is 44.1 Å². The second kappa shape index (κ2) is 11.8. The Balaban J connectivity index is 1.36. The van der Waals surface area contributed by atoms with E-state index < -0.39 is 17.6 Å². The molecule has 0 radical (unpaired) electrons. The van der Waals surface area contributed by atoms with Gasteiger partial charge < -0.3 is 0 Å². The van der Waals surface area contributed by atoms with Crippen LogP contribution in [-0.2, 0) is 17.6 Å². The SMILES string of the molecule is CN1C=CN2[C]1=[Pt]=[C]1N(C)C=CN1c1cccc(c1)N(n1c3c(-c4ccccc4)cccc3c3cccc(-c4ccccc4)c31)c1cccc2c1. The fourth-order valence-corrected chi connectivity index (χ4v) is 10.5. The van der Waals surface area contributed by atoms with Gasteiger partial charge in [-0.2, -0.15) is 0 Å². The molecule has 7 aromatic rings. The molecule has 51 heavy (non-hydrogen) atoms. The van der Waals surface area contributed by atoms with Crippen LogP contribution in [0.5, 0.6) is 0 Å². The first kappa shape index (κ1) is 29.9. The fraction of sp³-hybridized carbons (Fsp3) is 0.0455. The molecule has 0 amide bonds. The monoisotopic (exact) mass is 841 g/mol. The summed E-state index contributed by atoms with van der Waals surface area (Å²) < 4.78 is 5.10. The van der Waals surface area contributed by atoms with Crippen LogP contribution in [0, 0.1) is 0 Å². The van der Waals surface area contributed by atoms with Crippen LogP contribution in [0.1, 0.15) is 0 Å². The Morgan fingerprint density at radius 2 is 0.843 bits per heavy atom. The van der Waals surface area contributed by atoms with E-state index in [9.17, 15) is 0 Å². The molecule has 0 atom stereocenters. The van der Waals surface area contributed by atoms with Gasteiger partial charge in [-0.3, -0.25) is 0 Å². The molecule has 6 nitrogen and oxygen atoms in total. The molecule has 3 aliphatic rings. The summed E-state index contributed by atoms with van der Waals surface area (Å²) >= 11 is -0.563. The van der Waals surface area contributed by atoms with Crippen molar-refractivity contribution >= 4 is 52.8 Å². The molecule has 6 aromatic carbocycles. The second-order valence-corrected chi connectivity index (χ2v) is 15.5. The first-order valence-electron chi connectivity index (χ1n) is 17.0. The van der Waals surface area contributed by atoms with E-state index in [1.807, 2.05) is 0 Å². The summed E-state index contributed by atoms with van der Waals surface area (Å²) in [6, 6.07) is 53.1. The van der Waals surface area contributed by atoms with Crippen molar-refractivity contribution in [3.8, 4) is 22.3 Å². The predicted molar refractivity (Wildman–Crippen MR) is 210 cm³/mol. The molecule has 4 bridgehead atoms. The molecule has 1 aromatic heterocycles. The summed E-state index contributed by atoms with van der Waals surface area (Å²) in [6.07, 6.45) is 8.77. The Morgan fingerprint density at radius 1 is 0.412 bits per heavy atom. The van der Waals surface area contributed by atoms with Gasteiger partial charge in [0.2, 0.25) is 0 Å². The van der Waals surface area contributed by atoms with Gasteiger partial charge in [-0.1, -0.05) is 12.1 Å². The van der Waals surface area contributed by atoms with E-state index >= 15 is 0 Å². The predicted octanol–water partition coefficient (Wildman–Crippen LogP) is 9.45. The summed E-state index contributed by atoms with van der Waals surface area (Å²) in [5.74, 6) is 0. The molecular weight excluding hydrogens is 808 g/mol. The average molecular weight is 842 g/mol. The van der Waals surface area contributed by atoms with Crippen LogP contribution >= 0.6 is 0 Å². The number of hydrogen-bond donors (Lipinski definition) is 0. The zero-order valence-electron chi connectivity index (χ0n) is 28.2. The molecule has 0 unspecified atom stereocenters. The molecule has 0 aliphatic carbocycles. The molecule has 7 heteroatoms. The number of para-hydroxylation sites is 2.